The van der Waals surface area contributed by atoms with Gasteiger partial charge in [-0.2, -0.15) is 0 Å². The minimum Gasteiger partial charge on any atom is -0.496 e. The molecular formula is C12H12O3. The number of carbonyl (C=O) groups is 1. The summed E-state index contributed by atoms with van der Waals surface area (Å²) in [5.74, 6) is 2.60. The number of ether oxygens (including phenoxy) is 2. The number of terminal acetylenes is 1. The number of methoxy groups -OCH3 is 1. The van der Waals surface area contributed by atoms with Crippen molar-refractivity contribution in [1.29, 1.82) is 0 Å². The second kappa shape index (κ2) is 5.06. The number of hydrogen-bond donors (Lipinski definition) is 0. The molecular weight excluding hydrogens is 192 g/mol. The Morgan fingerprint density at radius 1 is 1.47 bits per heavy atom. The number of para-hydroxylation sites is 1. The van der Waals surface area contributed by atoms with Gasteiger partial charge in [-0.15, -0.1) is 6.42 Å². The molecule has 0 unspecified atom stereocenters. The smallest absolute Gasteiger partial charge is 0.304 e. The van der Waals surface area contributed by atoms with Crippen molar-refractivity contribution in [1.82, 2.24) is 0 Å². The van der Waals surface area contributed by atoms with Crippen molar-refractivity contribution in [2.45, 2.75) is 13.0 Å². The van der Waals surface area contributed by atoms with Crippen molar-refractivity contribution in [3.63, 3.8) is 0 Å². The molecule has 0 saturated heterocycles. The third-order valence-electron chi connectivity index (χ3n) is 1.86. The van der Waals surface area contributed by atoms with Gasteiger partial charge in [-0.1, -0.05) is 24.1 Å². The topological polar surface area (TPSA) is 35.5 Å². The second-order valence-electron chi connectivity index (χ2n) is 2.90. The normalized spacial score (nSPS) is 11.3. The summed E-state index contributed by atoms with van der Waals surface area (Å²) in [6.07, 6.45) is 4.60. The van der Waals surface area contributed by atoms with Crippen molar-refractivity contribution in [3.8, 4) is 18.1 Å². The molecule has 3 heteroatoms. The Morgan fingerprint density at radius 2 is 2.13 bits per heavy atom. The van der Waals surface area contributed by atoms with Crippen LogP contribution in [-0.2, 0) is 9.53 Å². The van der Waals surface area contributed by atoms with Crippen molar-refractivity contribution in [3.05, 3.63) is 29.8 Å². The highest BCUT2D eigenvalue weighted by atomic mass is 16.5. The standard InChI is InChI=1S/C12H12O3/c1-4-11(15-9(2)13)10-7-5-6-8-12(10)14-3/h1,5-8,11H,2-3H3/t11-/m0/s1. The molecule has 0 heterocycles. The van der Waals surface area contributed by atoms with E-state index >= 15 is 0 Å². The lowest BCUT2D eigenvalue weighted by atomic mass is 10.1. The maximum Gasteiger partial charge on any atom is 0.304 e. The minimum absolute atomic E-state index is 0.413. The molecule has 0 spiro atoms. The number of rotatable bonds is 3. The minimum atomic E-state index is -0.696. The average molecular weight is 204 g/mol. The highest BCUT2D eigenvalue weighted by molar-refractivity contribution is 5.67. The zero-order chi connectivity index (χ0) is 11.3. The van der Waals surface area contributed by atoms with Gasteiger partial charge in [-0.25, -0.2) is 0 Å². The van der Waals surface area contributed by atoms with Crippen molar-refractivity contribution < 1.29 is 14.3 Å². The van der Waals surface area contributed by atoms with E-state index in [0.717, 1.165) is 0 Å². The van der Waals surface area contributed by atoms with Crippen LogP contribution in [0.5, 0.6) is 5.75 Å². The molecule has 0 aliphatic heterocycles. The Morgan fingerprint density at radius 3 is 2.67 bits per heavy atom. The van der Waals surface area contributed by atoms with Gasteiger partial charge in [0.25, 0.3) is 0 Å². The number of hydrogen-bond acceptors (Lipinski definition) is 3. The summed E-state index contributed by atoms with van der Waals surface area (Å²) in [4.78, 5) is 10.8. The predicted molar refractivity (Wildman–Crippen MR) is 56.3 cm³/mol. The van der Waals surface area contributed by atoms with Crippen molar-refractivity contribution in [2.24, 2.45) is 0 Å². The molecule has 78 valence electrons. The molecule has 3 nitrogen and oxygen atoms in total. The first-order valence-electron chi connectivity index (χ1n) is 4.45. The third-order valence-corrected chi connectivity index (χ3v) is 1.86. The highest BCUT2D eigenvalue weighted by Crippen LogP contribution is 2.26. The first-order chi connectivity index (χ1) is 7.19. The van der Waals surface area contributed by atoms with Gasteiger partial charge in [0.15, 0.2) is 6.10 Å². The number of esters is 1. The Bertz CT molecular complexity index is 390. The van der Waals surface area contributed by atoms with Gasteiger partial charge in [0.1, 0.15) is 5.75 Å². The molecule has 0 aromatic heterocycles. The monoisotopic (exact) mass is 204 g/mol. The van der Waals surface area contributed by atoms with Crippen LogP contribution < -0.4 is 4.74 Å². The number of benzene rings is 1. The maximum atomic E-state index is 10.8. The molecule has 0 N–H and O–H groups in total. The quantitative estimate of drug-likeness (QED) is 0.557. The zero-order valence-corrected chi connectivity index (χ0v) is 8.69. The lowest BCUT2D eigenvalue weighted by molar-refractivity contribution is -0.144. The lowest BCUT2D eigenvalue weighted by Gasteiger charge is -2.14. The lowest BCUT2D eigenvalue weighted by Crippen LogP contribution is -2.07. The van der Waals surface area contributed by atoms with Crippen LogP contribution in [-0.4, -0.2) is 13.1 Å². The predicted octanol–water partition coefficient (Wildman–Crippen LogP) is 1.93. The van der Waals surface area contributed by atoms with Gasteiger partial charge in [0.05, 0.1) is 7.11 Å². The van der Waals surface area contributed by atoms with E-state index in [-0.39, 0.29) is 0 Å². The molecule has 1 atom stereocenters. The Labute approximate surface area is 89.0 Å². The third kappa shape index (κ3) is 2.75. The van der Waals surface area contributed by atoms with Crippen LogP contribution in [0.15, 0.2) is 24.3 Å². The van der Waals surface area contributed by atoms with Gasteiger partial charge in [0, 0.05) is 12.5 Å². The number of carbonyl (C=O) groups excluding carboxylic acids is 1. The molecule has 0 aliphatic rings. The molecule has 0 saturated carbocycles. The van der Waals surface area contributed by atoms with Gasteiger partial charge < -0.3 is 9.47 Å². The molecule has 0 radical (unpaired) electrons. The highest BCUT2D eigenvalue weighted by Gasteiger charge is 2.15. The molecule has 1 aromatic carbocycles. The fourth-order valence-electron chi connectivity index (χ4n) is 1.24. The van der Waals surface area contributed by atoms with Crippen LogP contribution in [0.2, 0.25) is 0 Å². The van der Waals surface area contributed by atoms with E-state index in [2.05, 4.69) is 5.92 Å². The fourth-order valence-corrected chi connectivity index (χ4v) is 1.24. The van der Waals surface area contributed by atoms with Crippen LogP contribution in [0.25, 0.3) is 0 Å². The zero-order valence-electron chi connectivity index (χ0n) is 8.69. The van der Waals surface area contributed by atoms with E-state index in [9.17, 15) is 4.79 Å². The van der Waals surface area contributed by atoms with Crippen LogP contribution >= 0.6 is 0 Å². The summed E-state index contributed by atoms with van der Waals surface area (Å²) in [7, 11) is 1.54. The Kier molecular flexibility index (Phi) is 3.75. The van der Waals surface area contributed by atoms with Crippen molar-refractivity contribution >= 4 is 5.97 Å². The van der Waals surface area contributed by atoms with E-state index in [1.165, 1.54) is 6.92 Å². The van der Waals surface area contributed by atoms with Gasteiger partial charge >= 0.3 is 5.97 Å². The fraction of sp³-hybridized carbons (Fsp3) is 0.250. The summed E-state index contributed by atoms with van der Waals surface area (Å²) < 4.78 is 10.1. The Hall–Kier alpha value is -1.95. The van der Waals surface area contributed by atoms with Crippen LogP contribution in [0, 0.1) is 12.3 Å². The van der Waals surface area contributed by atoms with Gasteiger partial charge in [-0.05, 0) is 6.07 Å². The largest absolute Gasteiger partial charge is 0.496 e. The SMILES string of the molecule is C#C[C@H](OC(C)=O)c1ccccc1OC. The van der Waals surface area contributed by atoms with E-state index in [1.54, 1.807) is 19.2 Å². The summed E-state index contributed by atoms with van der Waals surface area (Å²) in [5.41, 5.74) is 0.678. The summed E-state index contributed by atoms with van der Waals surface area (Å²) >= 11 is 0. The molecule has 15 heavy (non-hydrogen) atoms. The van der Waals surface area contributed by atoms with Crippen LogP contribution in [0.1, 0.15) is 18.6 Å². The first-order valence-corrected chi connectivity index (χ1v) is 4.45. The van der Waals surface area contributed by atoms with Gasteiger partial charge in [0.2, 0.25) is 0 Å². The molecule has 1 rings (SSSR count). The summed E-state index contributed by atoms with van der Waals surface area (Å²) in [5, 5.41) is 0. The second-order valence-corrected chi connectivity index (χ2v) is 2.90. The summed E-state index contributed by atoms with van der Waals surface area (Å²) in [6, 6.07) is 7.17. The van der Waals surface area contributed by atoms with Crippen molar-refractivity contribution in [2.75, 3.05) is 7.11 Å². The maximum absolute atomic E-state index is 10.8. The van der Waals surface area contributed by atoms with Gasteiger partial charge in [-0.3, -0.25) is 4.79 Å². The van der Waals surface area contributed by atoms with Crippen LogP contribution in [0.3, 0.4) is 0 Å². The Balaban J connectivity index is 3.02. The molecule has 0 amide bonds. The molecule has 1 aromatic rings. The van der Waals surface area contributed by atoms with E-state index < -0.39 is 12.1 Å². The molecule has 0 bridgehead atoms. The van der Waals surface area contributed by atoms with E-state index in [0.29, 0.717) is 11.3 Å². The van der Waals surface area contributed by atoms with Crippen LogP contribution in [0.4, 0.5) is 0 Å². The van der Waals surface area contributed by atoms with E-state index in [1.807, 2.05) is 12.1 Å². The average Bonchev–Trinajstić information content (AvgIpc) is 2.25. The molecule has 0 fully saturated rings. The first kappa shape index (κ1) is 11.1. The molecule has 0 aliphatic carbocycles. The van der Waals surface area contributed by atoms with E-state index in [4.69, 9.17) is 15.9 Å². The summed E-state index contributed by atoms with van der Waals surface area (Å²) in [6.45, 7) is 1.32.